The minimum atomic E-state index is -0.222. The number of aromatic nitrogens is 2. The molecule has 0 N–H and O–H groups in total. The van der Waals surface area contributed by atoms with Crippen LogP contribution >= 0.6 is 11.8 Å². The van der Waals surface area contributed by atoms with Gasteiger partial charge in [0.25, 0.3) is 17.0 Å². The molecule has 136 valence electrons. The molecule has 0 atom stereocenters. The van der Waals surface area contributed by atoms with Crippen LogP contribution in [0, 0.1) is 6.92 Å². The van der Waals surface area contributed by atoms with Crippen LogP contribution in [0.15, 0.2) is 58.2 Å². The van der Waals surface area contributed by atoms with Crippen LogP contribution in [0.1, 0.15) is 32.7 Å². The van der Waals surface area contributed by atoms with E-state index in [1.165, 1.54) is 16.7 Å². The van der Waals surface area contributed by atoms with E-state index in [9.17, 15) is 9.59 Å². The highest BCUT2D eigenvalue weighted by Crippen LogP contribution is 2.26. The number of aryl methyl sites for hydroxylation is 1. The molecule has 2 amide bonds. The Morgan fingerprint density at radius 3 is 2.22 bits per heavy atom. The lowest BCUT2D eigenvalue weighted by atomic mass is 10.1. The molecule has 0 spiro atoms. The Hall–Kier alpha value is -2.93. The summed E-state index contributed by atoms with van der Waals surface area (Å²) in [5.74, 6) is 0.722. The predicted molar refractivity (Wildman–Crippen MR) is 102 cm³/mol. The number of rotatable bonds is 6. The van der Waals surface area contributed by atoms with Crippen LogP contribution in [0.5, 0.6) is 0 Å². The zero-order chi connectivity index (χ0) is 18.8. The van der Waals surface area contributed by atoms with Crippen LogP contribution in [0.3, 0.4) is 0 Å². The maximum Gasteiger partial charge on any atom is 0.276 e. The summed E-state index contributed by atoms with van der Waals surface area (Å²) in [5, 5.41) is 8.64. The van der Waals surface area contributed by atoms with Gasteiger partial charge in [-0.25, -0.2) is 0 Å². The summed E-state index contributed by atoms with van der Waals surface area (Å²) < 4.78 is 5.71. The molecule has 2 aromatic carbocycles. The molecule has 4 rings (SSSR count). The minimum absolute atomic E-state index is 0.222. The highest BCUT2D eigenvalue weighted by molar-refractivity contribution is 7.99. The molecule has 0 saturated carbocycles. The second-order valence-corrected chi connectivity index (χ2v) is 7.24. The van der Waals surface area contributed by atoms with Gasteiger partial charge in [0.2, 0.25) is 5.89 Å². The Morgan fingerprint density at radius 1 is 0.926 bits per heavy atom. The highest BCUT2D eigenvalue weighted by Gasteiger charge is 2.34. The van der Waals surface area contributed by atoms with E-state index in [-0.39, 0.29) is 11.8 Å². The first-order chi connectivity index (χ1) is 13.1. The molecule has 0 radical (unpaired) electrons. The Labute approximate surface area is 160 Å². The maximum absolute atomic E-state index is 12.3. The Morgan fingerprint density at radius 2 is 1.56 bits per heavy atom. The molecule has 0 saturated heterocycles. The molecular formula is C20H17N3O3S. The van der Waals surface area contributed by atoms with Gasteiger partial charge in [-0.15, -0.1) is 10.2 Å². The van der Waals surface area contributed by atoms with E-state index in [1.807, 2.05) is 31.2 Å². The monoisotopic (exact) mass is 379 g/mol. The van der Waals surface area contributed by atoms with E-state index in [0.717, 1.165) is 11.1 Å². The number of hydrogen-bond donors (Lipinski definition) is 0. The van der Waals surface area contributed by atoms with E-state index in [0.29, 0.717) is 41.0 Å². The van der Waals surface area contributed by atoms with Crippen molar-refractivity contribution in [2.24, 2.45) is 0 Å². The normalized spacial score (nSPS) is 13.3. The summed E-state index contributed by atoms with van der Waals surface area (Å²) in [6, 6.07) is 14.8. The Balaban J connectivity index is 1.32. The smallest absolute Gasteiger partial charge is 0.276 e. The quantitative estimate of drug-likeness (QED) is 0.368. The van der Waals surface area contributed by atoms with Crippen molar-refractivity contribution in [1.29, 1.82) is 0 Å². The van der Waals surface area contributed by atoms with Crippen molar-refractivity contribution in [3.05, 3.63) is 65.2 Å². The van der Waals surface area contributed by atoms with Gasteiger partial charge in [-0.3, -0.25) is 14.5 Å². The molecule has 0 bridgehead atoms. The van der Waals surface area contributed by atoms with Crippen molar-refractivity contribution in [2.45, 2.75) is 18.6 Å². The van der Waals surface area contributed by atoms with Gasteiger partial charge in [-0.05, 0) is 37.1 Å². The van der Waals surface area contributed by atoms with E-state index in [2.05, 4.69) is 10.2 Å². The molecule has 0 unspecified atom stereocenters. The van der Waals surface area contributed by atoms with Gasteiger partial charge in [0, 0.05) is 17.9 Å². The molecule has 3 aromatic rings. The first-order valence-electron chi connectivity index (χ1n) is 8.62. The largest absolute Gasteiger partial charge is 0.411 e. The SMILES string of the molecule is Cc1ccccc1-c1nnc(SCCCN2C(=O)c3ccccc3C2=O)o1. The fourth-order valence-electron chi connectivity index (χ4n) is 3.01. The van der Waals surface area contributed by atoms with Gasteiger partial charge in [0.15, 0.2) is 0 Å². The Bertz CT molecular complexity index is 980. The van der Waals surface area contributed by atoms with Crippen LogP contribution in [0.2, 0.25) is 0 Å². The fourth-order valence-corrected chi connectivity index (χ4v) is 3.70. The van der Waals surface area contributed by atoms with Crippen molar-refractivity contribution < 1.29 is 14.0 Å². The average molecular weight is 379 g/mol. The van der Waals surface area contributed by atoms with E-state index in [1.54, 1.807) is 24.3 Å². The van der Waals surface area contributed by atoms with Crippen molar-refractivity contribution in [3.63, 3.8) is 0 Å². The molecule has 27 heavy (non-hydrogen) atoms. The van der Waals surface area contributed by atoms with Gasteiger partial charge < -0.3 is 4.42 Å². The van der Waals surface area contributed by atoms with Crippen molar-refractivity contribution >= 4 is 23.6 Å². The summed E-state index contributed by atoms with van der Waals surface area (Å²) in [6.45, 7) is 2.37. The van der Waals surface area contributed by atoms with Gasteiger partial charge >= 0.3 is 0 Å². The van der Waals surface area contributed by atoms with Crippen LogP contribution in [0.4, 0.5) is 0 Å². The number of nitrogens with zero attached hydrogens (tertiary/aromatic N) is 3. The second-order valence-electron chi connectivity index (χ2n) is 6.20. The predicted octanol–water partition coefficient (Wildman–Crippen LogP) is 3.82. The van der Waals surface area contributed by atoms with Crippen molar-refractivity contribution in [2.75, 3.05) is 12.3 Å². The molecule has 1 aromatic heterocycles. The van der Waals surface area contributed by atoms with Gasteiger partial charge in [-0.2, -0.15) is 0 Å². The minimum Gasteiger partial charge on any atom is -0.411 e. The summed E-state index contributed by atoms with van der Waals surface area (Å²) in [7, 11) is 0. The summed E-state index contributed by atoms with van der Waals surface area (Å²) in [5.41, 5.74) is 2.95. The molecular weight excluding hydrogens is 362 g/mol. The summed E-state index contributed by atoms with van der Waals surface area (Å²) >= 11 is 1.42. The van der Waals surface area contributed by atoms with E-state index in [4.69, 9.17) is 4.42 Å². The third-order valence-corrected chi connectivity index (χ3v) is 5.32. The highest BCUT2D eigenvalue weighted by atomic mass is 32.2. The number of benzene rings is 2. The van der Waals surface area contributed by atoms with E-state index < -0.39 is 0 Å². The summed E-state index contributed by atoms with van der Waals surface area (Å²) in [4.78, 5) is 25.9. The van der Waals surface area contributed by atoms with Crippen LogP contribution in [-0.4, -0.2) is 39.2 Å². The summed E-state index contributed by atoms with van der Waals surface area (Å²) in [6.07, 6.45) is 0.651. The van der Waals surface area contributed by atoms with Crippen LogP contribution in [-0.2, 0) is 0 Å². The molecule has 6 nitrogen and oxygen atoms in total. The molecule has 0 fully saturated rings. The number of fused-ring (bicyclic) bond motifs is 1. The number of imide groups is 1. The van der Waals surface area contributed by atoms with Crippen molar-refractivity contribution in [1.82, 2.24) is 15.1 Å². The van der Waals surface area contributed by atoms with Crippen molar-refractivity contribution in [3.8, 4) is 11.5 Å². The van der Waals surface area contributed by atoms with Crippen LogP contribution < -0.4 is 0 Å². The average Bonchev–Trinajstić information content (AvgIpc) is 3.24. The Kier molecular flexibility index (Phi) is 4.77. The first-order valence-corrected chi connectivity index (χ1v) is 9.61. The number of hydrogen-bond acceptors (Lipinski definition) is 6. The number of amides is 2. The lowest BCUT2D eigenvalue weighted by Crippen LogP contribution is -2.30. The zero-order valence-corrected chi connectivity index (χ0v) is 15.5. The molecule has 1 aliphatic heterocycles. The van der Waals surface area contributed by atoms with E-state index >= 15 is 0 Å². The number of carbonyl (C=O) groups excluding carboxylic acids is 2. The topological polar surface area (TPSA) is 76.3 Å². The lowest BCUT2D eigenvalue weighted by molar-refractivity contribution is 0.0655. The first kappa shape index (κ1) is 17.5. The third kappa shape index (κ3) is 3.38. The lowest BCUT2D eigenvalue weighted by Gasteiger charge is -2.12. The maximum atomic E-state index is 12.3. The molecule has 1 aliphatic rings. The van der Waals surface area contributed by atoms with Gasteiger partial charge in [-0.1, -0.05) is 42.1 Å². The zero-order valence-electron chi connectivity index (χ0n) is 14.7. The molecule has 7 heteroatoms. The van der Waals surface area contributed by atoms with Crippen LogP contribution in [0.25, 0.3) is 11.5 Å². The third-order valence-electron chi connectivity index (χ3n) is 4.41. The molecule has 0 aliphatic carbocycles. The molecule has 2 heterocycles. The standard InChI is InChI=1S/C20H17N3O3S/c1-13-7-2-3-8-14(13)17-21-22-20(26-17)27-12-6-11-23-18(24)15-9-4-5-10-16(15)19(23)25/h2-5,7-10H,6,11-12H2,1H3. The van der Waals surface area contributed by atoms with Gasteiger partial charge in [0.1, 0.15) is 0 Å². The van der Waals surface area contributed by atoms with Gasteiger partial charge in [0.05, 0.1) is 11.1 Å². The fraction of sp³-hybridized carbons (Fsp3) is 0.200. The number of carbonyl (C=O) groups is 2. The second kappa shape index (κ2) is 7.36. The number of thioether (sulfide) groups is 1.